The van der Waals surface area contributed by atoms with Crippen LogP contribution in [0.15, 0.2) is 36.4 Å². The Morgan fingerprint density at radius 2 is 1.90 bits per heavy atom. The SMILES string of the molecule is COc1ccc([C@@H]2CCc3c(O)cc(O)cc3O2)cc1. The Bertz CT molecular complexity index is 619. The number of hydrogen-bond acceptors (Lipinski definition) is 4. The van der Waals surface area contributed by atoms with Gasteiger partial charge in [-0.05, 0) is 30.5 Å². The normalized spacial score (nSPS) is 17.1. The number of aromatic hydroxyl groups is 2. The molecule has 20 heavy (non-hydrogen) atoms. The fourth-order valence-electron chi connectivity index (χ4n) is 2.51. The maximum atomic E-state index is 9.81. The third kappa shape index (κ3) is 2.25. The van der Waals surface area contributed by atoms with Crippen molar-refractivity contribution in [1.82, 2.24) is 0 Å². The second-order valence-corrected chi connectivity index (χ2v) is 4.86. The van der Waals surface area contributed by atoms with Crippen molar-refractivity contribution in [2.24, 2.45) is 0 Å². The van der Waals surface area contributed by atoms with E-state index in [-0.39, 0.29) is 17.6 Å². The summed E-state index contributed by atoms with van der Waals surface area (Å²) in [5, 5.41) is 19.3. The maximum absolute atomic E-state index is 9.81. The average Bonchev–Trinajstić information content (AvgIpc) is 2.46. The third-order valence-corrected chi connectivity index (χ3v) is 3.58. The van der Waals surface area contributed by atoms with Crippen LogP contribution in [0.1, 0.15) is 23.7 Å². The van der Waals surface area contributed by atoms with E-state index in [4.69, 9.17) is 9.47 Å². The molecule has 2 N–H and O–H groups in total. The molecule has 104 valence electrons. The molecule has 0 spiro atoms. The quantitative estimate of drug-likeness (QED) is 0.881. The van der Waals surface area contributed by atoms with Crippen molar-refractivity contribution in [3.8, 4) is 23.0 Å². The lowest BCUT2D eigenvalue weighted by molar-refractivity contribution is 0.174. The van der Waals surface area contributed by atoms with Gasteiger partial charge in [0.15, 0.2) is 0 Å². The first-order valence-electron chi connectivity index (χ1n) is 6.53. The highest BCUT2D eigenvalue weighted by molar-refractivity contribution is 5.50. The lowest BCUT2D eigenvalue weighted by atomic mass is 9.96. The molecule has 1 aliphatic heterocycles. The summed E-state index contributed by atoms with van der Waals surface area (Å²) in [5.74, 6) is 1.46. The summed E-state index contributed by atoms with van der Waals surface area (Å²) in [6.45, 7) is 0. The molecule has 1 aliphatic rings. The molecular weight excluding hydrogens is 256 g/mol. The first-order chi connectivity index (χ1) is 9.67. The zero-order valence-corrected chi connectivity index (χ0v) is 11.2. The monoisotopic (exact) mass is 272 g/mol. The summed E-state index contributed by atoms with van der Waals surface area (Å²) >= 11 is 0. The Kier molecular flexibility index (Phi) is 3.14. The van der Waals surface area contributed by atoms with E-state index in [2.05, 4.69) is 0 Å². The summed E-state index contributed by atoms with van der Waals surface area (Å²) in [5.41, 5.74) is 1.81. The number of ether oxygens (including phenoxy) is 2. The minimum Gasteiger partial charge on any atom is -0.508 e. The second-order valence-electron chi connectivity index (χ2n) is 4.86. The zero-order valence-electron chi connectivity index (χ0n) is 11.2. The third-order valence-electron chi connectivity index (χ3n) is 3.58. The highest BCUT2D eigenvalue weighted by Crippen LogP contribution is 2.41. The van der Waals surface area contributed by atoms with Crippen LogP contribution in [-0.4, -0.2) is 17.3 Å². The van der Waals surface area contributed by atoms with Crippen molar-refractivity contribution in [3.63, 3.8) is 0 Å². The van der Waals surface area contributed by atoms with Crippen LogP contribution in [-0.2, 0) is 6.42 Å². The van der Waals surface area contributed by atoms with Crippen LogP contribution >= 0.6 is 0 Å². The van der Waals surface area contributed by atoms with E-state index >= 15 is 0 Å². The van der Waals surface area contributed by atoms with Crippen LogP contribution in [0.3, 0.4) is 0 Å². The van der Waals surface area contributed by atoms with Crippen LogP contribution in [0.4, 0.5) is 0 Å². The molecule has 4 nitrogen and oxygen atoms in total. The number of phenols is 2. The Morgan fingerprint density at radius 3 is 2.60 bits per heavy atom. The van der Waals surface area contributed by atoms with E-state index in [0.717, 1.165) is 29.7 Å². The van der Waals surface area contributed by atoms with Crippen molar-refractivity contribution in [1.29, 1.82) is 0 Å². The molecule has 1 heterocycles. The molecular formula is C16H16O4. The average molecular weight is 272 g/mol. The van der Waals surface area contributed by atoms with Crippen LogP contribution < -0.4 is 9.47 Å². The van der Waals surface area contributed by atoms with Gasteiger partial charge >= 0.3 is 0 Å². The van der Waals surface area contributed by atoms with E-state index < -0.39 is 0 Å². The smallest absolute Gasteiger partial charge is 0.130 e. The van der Waals surface area contributed by atoms with Gasteiger partial charge in [-0.15, -0.1) is 0 Å². The van der Waals surface area contributed by atoms with E-state index in [1.54, 1.807) is 13.2 Å². The van der Waals surface area contributed by atoms with Gasteiger partial charge in [-0.25, -0.2) is 0 Å². The molecule has 3 rings (SSSR count). The fourth-order valence-corrected chi connectivity index (χ4v) is 2.51. The number of benzene rings is 2. The molecule has 0 saturated heterocycles. The fraction of sp³-hybridized carbons (Fsp3) is 0.250. The van der Waals surface area contributed by atoms with E-state index in [0.29, 0.717) is 5.75 Å². The topological polar surface area (TPSA) is 58.9 Å². The molecule has 0 amide bonds. The van der Waals surface area contributed by atoms with E-state index in [1.807, 2.05) is 24.3 Å². The first-order valence-corrected chi connectivity index (χ1v) is 6.53. The Morgan fingerprint density at radius 1 is 1.15 bits per heavy atom. The van der Waals surface area contributed by atoms with Gasteiger partial charge in [0.1, 0.15) is 29.1 Å². The molecule has 1 atom stereocenters. The predicted molar refractivity (Wildman–Crippen MR) is 74.5 cm³/mol. The summed E-state index contributed by atoms with van der Waals surface area (Å²) in [6.07, 6.45) is 1.44. The minimum absolute atomic E-state index is 0.0108. The summed E-state index contributed by atoms with van der Waals surface area (Å²) < 4.78 is 11.0. The molecule has 0 fully saturated rings. The number of fused-ring (bicyclic) bond motifs is 1. The minimum atomic E-state index is -0.0744. The lowest BCUT2D eigenvalue weighted by Crippen LogP contribution is -2.15. The number of methoxy groups -OCH3 is 1. The van der Waals surface area contributed by atoms with Crippen molar-refractivity contribution < 1.29 is 19.7 Å². The maximum Gasteiger partial charge on any atom is 0.130 e. The number of hydrogen-bond donors (Lipinski definition) is 2. The molecule has 0 unspecified atom stereocenters. The predicted octanol–water partition coefficient (Wildman–Crippen LogP) is 3.17. The van der Waals surface area contributed by atoms with Gasteiger partial charge in [0, 0.05) is 17.7 Å². The lowest BCUT2D eigenvalue weighted by Gasteiger charge is -2.27. The molecule has 4 heteroatoms. The number of phenolic OH excluding ortho intramolecular Hbond substituents is 2. The van der Waals surface area contributed by atoms with Gasteiger partial charge in [0.25, 0.3) is 0 Å². The van der Waals surface area contributed by atoms with Crippen molar-refractivity contribution >= 4 is 0 Å². The first kappa shape index (κ1) is 12.7. The highest BCUT2D eigenvalue weighted by Gasteiger charge is 2.24. The van der Waals surface area contributed by atoms with Crippen molar-refractivity contribution in [2.75, 3.05) is 7.11 Å². The molecule has 0 aliphatic carbocycles. The molecule has 0 aromatic heterocycles. The summed E-state index contributed by atoms with van der Waals surface area (Å²) in [7, 11) is 1.63. The standard InChI is InChI=1S/C16H16O4/c1-19-12-4-2-10(3-5-12)15-7-6-13-14(18)8-11(17)9-16(13)20-15/h2-5,8-9,15,17-18H,6-7H2,1H3/t15-/m0/s1. The second kappa shape index (κ2) is 4.96. The van der Waals surface area contributed by atoms with E-state index in [9.17, 15) is 10.2 Å². The summed E-state index contributed by atoms with van der Waals surface area (Å²) in [6, 6.07) is 10.6. The van der Waals surface area contributed by atoms with Crippen LogP contribution in [0.2, 0.25) is 0 Å². The van der Waals surface area contributed by atoms with Crippen LogP contribution in [0.25, 0.3) is 0 Å². The number of rotatable bonds is 2. The Labute approximate surface area is 117 Å². The van der Waals surface area contributed by atoms with Gasteiger partial charge in [-0.3, -0.25) is 0 Å². The van der Waals surface area contributed by atoms with Gasteiger partial charge in [-0.1, -0.05) is 12.1 Å². The van der Waals surface area contributed by atoms with Gasteiger partial charge in [0.05, 0.1) is 7.11 Å². The summed E-state index contributed by atoms with van der Waals surface area (Å²) in [4.78, 5) is 0. The van der Waals surface area contributed by atoms with Crippen molar-refractivity contribution in [3.05, 3.63) is 47.5 Å². The molecule has 0 saturated carbocycles. The van der Waals surface area contributed by atoms with Crippen molar-refractivity contribution in [2.45, 2.75) is 18.9 Å². The Hall–Kier alpha value is -2.36. The highest BCUT2D eigenvalue weighted by atomic mass is 16.5. The van der Waals surface area contributed by atoms with Crippen LogP contribution in [0, 0.1) is 0 Å². The molecule has 2 aromatic carbocycles. The molecule has 2 aromatic rings. The Balaban J connectivity index is 1.87. The van der Waals surface area contributed by atoms with Gasteiger partial charge < -0.3 is 19.7 Å². The van der Waals surface area contributed by atoms with Gasteiger partial charge in [-0.2, -0.15) is 0 Å². The largest absolute Gasteiger partial charge is 0.508 e. The zero-order chi connectivity index (χ0) is 14.1. The molecule has 0 bridgehead atoms. The van der Waals surface area contributed by atoms with Gasteiger partial charge in [0.2, 0.25) is 0 Å². The van der Waals surface area contributed by atoms with E-state index in [1.165, 1.54) is 6.07 Å². The molecule has 0 radical (unpaired) electrons. The van der Waals surface area contributed by atoms with Crippen LogP contribution in [0.5, 0.6) is 23.0 Å².